The Morgan fingerprint density at radius 3 is 2.10 bits per heavy atom. The van der Waals surface area contributed by atoms with Crippen LogP contribution in [0.4, 0.5) is 0 Å². The van der Waals surface area contributed by atoms with Crippen LogP contribution in [0.3, 0.4) is 0 Å². The topological polar surface area (TPSA) is 55.4 Å². The van der Waals surface area contributed by atoms with E-state index < -0.39 is 12.0 Å². The minimum atomic E-state index is -0.776. The average molecular weight is 397 g/mol. The second-order valence-electron chi connectivity index (χ2n) is 7.44. The molecule has 0 fully saturated rings. The molecule has 4 aromatic carbocycles. The Kier molecular flexibility index (Phi) is 5.48. The number of nitrogens with one attached hydrogen (secondary N) is 1. The lowest BCUT2D eigenvalue weighted by Crippen LogP contribution is -2.43. The Bertz CT molecular complexity index is 1190. The third kappa shape index (κ3) is 3.90. The first kappa shape index (κ1) is 19.6. The highest BCUT2D eigenvalue weighted by Gasteiger charge is 2.24. The Morgan fingerprint density at radius 1 is 0.867 bits per heavy atom. The van der Waals surface area contributed by atoms with Crippen LogP contribution in [0.25, 0.3) is 21.5 Å². The minimum Gasteiger partial charge on any atom is -0.467 e. The molecule has 4 aromatic rings. The van der Waals surface area contributed by atoms with Gasteiger partial charge in [0.05, 0.1) is 12.7 Å². The van der Waals surface area contributed by atoms with Gasteiger partial charge < -0.3 is 10.1 Å². The monoisotopic (exact) mass is 397 g/mol. The van der Waals surface area contributed by atoms with E-state index in [-0.39, 0.29) is 5.91 Å². The molecule has 0 aliphatic heterocycles. The maximum Gasteiger partial charge on any atom is 0.328 e. The minimum absolute atomic E-state index is 0.286. The number of ether oxygens (including phenoxy) is 1. The zero-order valence-electron chi connectivity index (χ0n) is 17.0. The fraction of sp³-hybridized carbons (Fsp3) is 0.154. The molecule has 0 saturated heterocycles. The zero-order chi connectivity index (χ0) is 21.1. The van der Waals surface area contributed by atoms with Crippen molar-refractivity contribution in [1.29, 1.82) is 0 Å². The van der Waals surface area contributed by atoms with E-state index in [0.29, 0.717) is 12.0 Å². The summed E-state index contributed by atoms with van der Waals surface area (Å²) in [6.45, 7) is 2.00. The van der Waals surface area contributed by atoms with Crippen molar-refractivity contribution < 1.29 is 14.3 Å². The molecule has 1 atom stereocenters. The Labute approximate surface area is 175 Å². The molecular weight excluding hydrogens is 374 g/mol. The fourth-order valence-electron chi connectivity index (χ4n) is 3.90. The molecule has 0 unspecified atom stereocenters. The summed E-state index contributed by atoms with van der Waals surface area (Å²) in [6, 6.07) is 24.8. The first-order valence-corrected chi connectivity index (χ1v) is 9.91. The van der Waals surface area contributed by atoms with Crippen molar-refractivity contribution in [2.24, 2.45) is 0 Å². The highest BCUT2D eigenvalue weighted by molar-refractivity contribution is 6.18. The van der Waals surface area contributed by atoms with Gasteiger partial charge in [0.25, 0.3) is 5.91 Å². The Hall–Kier alpha value is -3.66. The number of amides is 1. The predicted octanol–water partition coefficient (Wildman–Crippen LogP) is 4.82. The van der Waals surface area contributed by atoms with Gasteiger partial charge in [0.2, 0.25) is 0 Å². The predicted molar refractivity (Wildman–Crippen MR) is 120 cm³/mol. The van der Waals surface area contributed by atoms with Gasteiger partial charge in [-0.2, -0.15) is 0 Å². The van der Waals surface area contributed by atoms with Crippen LogP contribution < -0.4 is 5.32 Å². The quantitative estimate of drug-likeness (QED) is 0.388. The lowest BCUT2D eigenvalue weighted by atomic mass is 9.95. The van der Waals surface area contributed by atoms with Crippen LogP contribution in [0.1, 0.15) is 21.5 Å². The van der Waals surface area contributed by atoms with Gasteiger partial charge in [-0.15, -0.1) is 0 Å². The smallest absolute Gasteiger partial charge is 0.328 e. The summed E-state index contributed by atoms with van der Waals surface area (Å²) in [5.74, 6) is -0.750. The van der Waals surface area contributed by atoms with Gasteiger partial charge in [0.15, 0.2) is 0 Å². The van der Waals surface area contributed by atoms with E-state index in [1.807, 2.05) is 79.7 Å². The van der Waals surface area contributed by atoms with E-state index >= 15 is 0 Å². The molecule has 0 aromatic heterocycles. The van der Waals surface area contributed by atoms with E-state index in [4.69, 9.17) is 4.74 Å². The standard InChI is InChI=1S/C26H23NO3/c1-17-8-7-9-18(14-17)15-23(26(29)30-2)27-25(28)24-21-12-5-3-10-19(21)16-20-11-4-6-13-22(20)24/h3-14,16,23H,15H2,1-2H3,(H,27,28)/t23-/m1/s1. The average Bonchev–Trinajstić information content (AvgIpc) is 2.76. The van der Waals surface area contributed by atoms with Gasteiger partial charge in [-0.1, -0.05) is 78.4 Å². The number of fused-ring (bicyclic) bond motifs is 2. The van der Waals surface area contributed by atoms with Gasteiger partial charge >= 0.3 is 5.97 Å². The highest BCUT2D eigenvalue weighted by Crippen LogP contribution is 2.28. The van der Waals surface area contributed by atoms with Gasteiger partial charge in [-0.05, 0) is 40.1 Å². The Balaban J connectivity index is 1.75. The normalized spacial score (nSPS) is 11.9. The molecule has 0 bridgehead atoms. The van der Waals surface area contributed by atoms with E-state index in [9.17, 15) is 9.59 Å². The number of carbonyl (C=O) groups is 2. The number of methoxy groups -OCH3 is 1. The van der Waals surface area contributed by atoms with Crippen LogP contribution in [0.2, 0.25) is 0 Å². The third-order valence-electron chi connectivity index (χ3n) is 5.31. The molecular formula is C26H23NO3. The molecule has 0 heterocycles. The Morgan fingerprint density at radius 2 is 1.50 bits per heavy atom. The molecule has 1 amide bonds. The SMILES string of the molecule is COC(=O)[C@@H](Cc1cccc(C)c1)NC(=O)c1c2ccccc2cc2ccccc12. The molecule has 4 rings (SSSR count). The van der Waals surface area contributed by atoms with Gasteiger partial charge in [-0.3, -0.25) is 4.79 Å². The van der Waals surface area contributed by atoms with E-state index in [0.717, 1.165) is 32.7 Å². The van der Waals surface area contributed by atoms with E-state index in [1.165, 1.54) is 7.11 Å². The molecule has 0 aliphatic rings. The lowest BCUT2D eigenvalue weighted by molar-refractivity contribution is -0.142. The first-order chi connectivity index (χ1) is 14.6. The maximum absolute atomic E-state index is 13.4. The van der Waals surface area contributed by atoms with Crippen LogP contribution in [0, 0.1) is 6.92 Å². The van der Waals surface area contributed by atoms with E-state index in [1.54, 1.807) is 0 Å². The fourth-order valence-corrected chi connectivity index (χ4v) is 3.90. The number of benzene rings is 4. The second-order valence-corrected chi connectivity index (χ2v) is 7.44. The molecule has 0 spiro atoms. The number of rotatable bonds is 5. The van der Waals surface area contributed by atoms with Crippen molar-refractivity contribution in [1.82, 2.24) is 5.32 Å². The largest absolute Gasteiger partial charge is 0.467 e. The number of carbonyl (C=O) groups excluding carboxylic acids is 2. The zero-order valence-corrected chi connectivity index (χ0v) is 17.0. The third-order valence-corrected chi connectivity index (χ3v) is 5.31. The lowest BCUT2D eigenvalue weighted by Gasteiger charge is -2.18. The molecule has 4 nitrogen and oxygen atoms in total. The number of aryl methyl sites for hydroxylation is 1. The molecule has 0 aliphatic carbocycles. The van der Waals surface area contributed by atoms with Gasteiger partial charge in [0, 0.05) is 6.42 Å². The molecule has 4 heteroatoms. The summed E-state index contributed by atoms with van der Waals surface area (Å²) >= 11 is 0. The summed E-state index contributed by atoms with van der Waals surface area (Å²) in [7, 11) is 1.34. The van der Waals surface area contributed by atoms with Gasteiger partial charge in [-0.25, -0.2) is 4.79 Å². The first-order valence-electron chi connectivity index (χ1n) is 9.91. The van der Waals surface area contributed by atoms with Crippen molar-refractivity contribution in [3.8, 4) is 0 Å². The van der Waals surface area contributed by atoms with Crippen LogP contribution >= 0.6 is 0 Å². The number of hydrogen-bond acceptors (Lipinski definition) is 3. The molecule has 150 valence electrons. The second kappa shape index (κ2) is 8.37. The maximum atomic E-state index is 13.4. The number of esters is 1. The van der Waals surface area contributed by atoms with Crippen molar-refractivity contribution in [3.05, 3.63) is 95.6 Å². The molecule has 0 radical (unpaired) electrons. The summed E-state index contributed by atoms with van der Waals surface area (Å²) in [4.78, 5) is 25.9. The summed E-state index contributed by atoms with van der Waals surface area (Å²) in [6.07, 6.45) is 0.364. The summed E-state index contributed by atoms with van der Waals surface area (Å²) in [5.41, 5.74) is 2.64. The van der Waals surface area contributed by atoms with Crippen molar-refractivity contribution in [2.75, 3.05) is 7.11 Å². The highest BCUT2D eigenvalue weighted by atomic mass is 16.5. The molecule has 1 N–H and O–H groups in total. The van der Waals surface area contributed by atoms with E-state index in [2.05, 4.69) is 11.4 Å². The van der Waals surface area contributed by atoms with Crippen LogP contribution in [0.15, 0.2) is 78.9 Å². The number of hydrogen-bond donors (Lipinski definition) is 1. The van der Waals surface area contributed by atoms with Crippen LogP contribution in [-0.4, -0.2) is 25.0 Å². The summed E-state index contributed by atoms with van der Waals surface area (Å²) < 4.78 is 4.97. The van der Waals surface area contributed by atoms with Crippen molar-refractivity contribution in [3.63, 3.8) is 0 Å². The van der Waals surface area contributed by atoms with Crippen molar-refractivity contribution >= 4 is 33.4 Å². The summed E-state index contributed by atoms with van der Waals surface area (Å²) in [5, 5.41) is 6.59. The van der Waals surface area contributed by atoms with Crippen LogP contribution in [-0.2, 0) is 16.0 Å². The molecule has 30 heavy (non-hydrogen) atoms. The van der Waals surface area contributed by atoms with Gasteiger partial charge in [0.1, 0.15) is 6.04 Å². The molecule has 0 saturated carbocycles. The van der Waals surface area contributed by atoms with Crippen LogP contribution in [0.5, 0.6) is 0 Å². The van der Waals surface area contributed by atoms with Crippen molar-refractivity contribution in [2.45, 2.75) is 19.4 Å².